The molecule has 0 bridgehead atoms. The molecule has 4 aromatic heterocycles. The Morgan fingerprint density at radius 2 is 1.40 bits per heavy atom. The molecule has 3 aliphatic rings. The number of hydrogen-bond donors (Lipinski definition) is 3. The lowest BCUT2D eigenvalue weighted by Crippen LogP contribution is -2.36. The fourth-order valence-electron chi connectivity index (χ4n) is 8.82. The largest absolute Gasteiger partial charge is 0.467 e. The van der Waals surface area contributed by atoms with E-state index in [1.54, 1.807) is 28.2 Å². The summed E-state index contributed by atoms with van der Waals surface area (Å²) in [5, 5.41) is 5.24. The number of aromatic amines is 2. The van der Waals surface area contributed by atoms with Gasteiger partial charge in [-0.05, 0) is 98.7 Å². The van der Waals surface area contributed by atoms with Crippen LogP contribution in [0.25, 0.3) is 21.8 Å². The van der Waals surface area contributed by atoms with E-state index in [4.69, 9.17) is 9.15 Å². The standard InChI is InChI=1S/C20H22N2O2.C13H24N2O3.C8H7N.C7H13NO.C5H4O2/c1-2-6-14-11-19(23)22(13-14)20(18-9-5-10-24-18)16-12-21-17-8-4-3-7-15(16)17;1-4-7-11-8-12(16)15(9-11)10-18-13(17)14(5-2)6-3;1-2-4-8-7(3-1)5-6-9-8;1-2-3-6-4-7(9)8-5-6;6-4-5-2-1-3-7-5/h3-5,7-10,12,14,20-21H,2,6,11,13H2,1H3;11H,4-10H2,1-3H3;1-6,9H;6H,2-5H2,1H3,(H,8,9);1-4H. The lowest BCUT2D eigenvalue weighted by molar-refractivity contribution is -0.131. The van der Waals surface area contributed by atoms with Crippen LogP contribution in [0.2, 0.25) is 0 Å². The minimum absolute atomic E-state index is 0.0916. The predicted octanol–water partition coefficient (Wildman–Crippen LogP) is 10.8. The zero-order valence-electron chi connectivity index (χ0n) is 39.9. The van der Waals surface area contributed by atoms with Gasteiger partial charge in [0, 0.05) is 86.4 Å². The Morgan fingerprint density at radius 1 is 0.746 bits per heavy atom. The summed E-state index contributed by atoms with van der Waals surface area (Å²) in [6.07, 6.45) is 16.2. The minimum atomic E-state index is -0.341. The van der Waals surface area contributed by atoms with Crippen LogP contribution in [-0.2, 0) is 19.1 Å². The van der Waals surface area contributed by atoms with Crippen LogP contribution in [0.1, 0.15) is 120 Å². The number of ether oxygens (including phenoxy) is 1. The quantitative estimate of drug-likeness (QED) is 0.0905. The smallest absolute Gasteiger partial charge is 0.411 e. The highest BCUT2D eigenvalue weighted by Crippen LogP contribution is 2.38. The molecule has 0 spiro atoms. The number of furan rings is 2. The number of benzene rings is 2. The second-order valence-electron chi connectivity index (χ2n) is 17.2. The summed E-state index contributed by atoms with van der Waals surface area (Å²) in [6, 6.07) is 25.5. The number of hydrogen-bond acceptors (Lipinski definition) is 8. The van der Waals surface area contributed by atoms with Crippen LogP contribution >= 0.6 is 0 Å². The molecule has 4 atom stereocenters. The van der Waals surface area contributed by atoms with Gasteiger partial charge in [0.05, 0.1) is 12.5 Å². The van der Waals surface area contributed by atoms with Crippen molar-refractivity contribution in [3.63, 3.8) is 0 Å². The molecule has 4 unspecified atom stereocenters. The van der Waals surface area contributed by atoms with Crippen molar-refractivity contribution in [1.82, 2.24) is 30.0 Å². The Kier molecular flexibility index (Phi) is 20.8. The van der Waals surface area contributed by atoms with E-state index in [1.807, 2.05) is 67.5 Å². The number of nitrogens with one attached hydrogen (secondary N) is 3. The molecule has 7 heterocycles. The summed E-state index contributed by atoms with van der Waals surface area (Å²) in [6.45, 7) is 14.0. The first-order valence-electron chi connectivity index (χ1n) is 24.0. The maximum absolute atomic E-state index is 12.7. The number of fused-ring (bicyclic) bond motifs is 2. The summed E-state index contributed by atoms with van der Waals surface area (Å²) >= 11 is 0. The monoisotopic (exact) mass is 919 g/mol. The third kappa shape index (κ3) is 15.2. The first-order valence-corrected chi connectivity index (χ1v) is 24.0. The summed E-state index contributed by atoms with van der Waals surface area (Å²) in [7, 11) is 0. The van der Waals surface area contributed by atoms with Crippen LogP contribution < -0.4 is 5.32 Å². The second kappa shape index (κ2) is 27.2. The molecule has 3 fully saturated rings. The van der Waals surface area contributed by atoms with E-state index in [1.165, 1.54) is 30.0 Å². The number of carbonyl (C=O) groups is 5. The van der Waals surface area contributed by atoms with Gasteiger partial charge < -0.3 is 43.6 Å². The van der Waals surface area contributed by atoms with Gasteiger partial charge in [-0.3, -0.25) is 19.2 Å². The van der Waals surface area contributed by atoms with Crippen molar-refractivity contribution in [1.29, 1.82) is 0 Å². The maximum atomic E-state index is 12.7. The fraction of sp³-hybridized carbons (Fsp3) is 0.453. The van der Waals surface area contributed by atoms with Gasteiger partial charge in [0.25, 0.3) is 0 Å². The highest BCUT2D eigenvalue weighted by Gasteiger charge is 2.37. The molecule has 2 aromatic carbocycles. The number of aldehydes is 1. The zero-order valence-corrected chi connectivity index (χ0v) is 39.9. The molecule has 14 nitrogen and oxygen atoms in total. The number of nitrogens with zero attached hydrogens (tertiary/aromatic N) is 3. The molecule has 360 valence electrons. The molecule has 0 aliphatic carbocycles. The molecule has 3 aliphatic heterocycles. The van der Waals surface area contributed by atoms with Crippen molar-refractivity contribution in [3.8, 4) is 0 Å². The fourth-order valence-corrected chi connectivity index (χ4v) is 8.82. The van der Waals surface area contributed by atoms with E-state index < -0.39 is 0 Å². The van der Waals surface area contributed by atoms with E-state index in [0.29, 0.717) is 55.7 Å². The molecule has 9 rings (SSSR count). The van der Waals surface area contributed by atoms with Gasteiger partial charge in [0.15, 0.2) is 18.8 Å². The van der Waals surface area contributed by atoms with Crippen LogP contribution in [0.4, 0.5) is 4.79 Å². The van der Waals surface area contributed by atoms with Gasteiger partial charge in [0.2, 0.25) is 17.7 Å². The molecule has 3 N–H and O–H groups in total. The third-order valence-electron chi connectivity index (χ3n) is 12.2. The van der Waals surface area contributed by atoms with Crippen molar-refractivity contribution in [2.45, 2.75) is 98.4 Å². The maximum Gasteiger partial charge on any atom is 0.411 e. The highest BCUT2D eigenvalue weighted by atomic mass is 16.6. The van der Waals surface area contributed by atoms with Crippen LogP contribution in [0.15, 0.2) is 113 Å². The van der Waals surface area contributed by atoms with Crippen molar-refractivity contribution in [2.24, 2.45) is 17.8 Å². The number of aromatic nitrogens is 2. The SMILES string of the molecule is CCCC1CC(=O)N(C(c2ccco2)c2c[nH]c3ccccc23)C1.CCCC1CC(=O)N(COC(=O)N(CC)CC)C1.CCCC1CNC(=O)C1.O=Cc1ccco1.c1ccc2[nH]ccc2c1. The van der Waals surface area contributed by atoms with Gasteiger partial charge in [0.1, 0.15) is 11.8 Å². The Labute approximate surface area is 394 Å². The summed E-state index contributed by atoms with van der Waals surface area (Å²) < 4.78 is 15.5. The molecule has 0 saturated carbocycles. The van der Waals surface area contributed by atoms with E-state index in [0.717, 1.165) is 74.0 Å². The van der Waals surface area contributed by atoms with Crippen LogP contribution in [0.5, 0.6) is 0 Å². The minimum Gasteiger partial charge on any atom is -0.467 e. The van der Waals surface area contributed by atoms with E-state index in [-0.39, 0.29) is 36.6 Å². The number of para-hydroxylation sites is 2. The third-order valence-corrected chi connectivity index (χ3v) is 12.2. The number of carbonyl (C=O) groups excluding carboxylic acids is 5. The highest BCUT2D eigenvalue weighted by molar-refractivity contribution is 5.86. The number of H-pyrrole nitrogens is 2. The van der Waals surface area contributed by atoms with Gasteiger partial charge in [-0.15, -0.1) is 0 Å². The van der Waals surface area contributed by atoms with Crippen molar-refractivity contribution >= 4 is 51.9 Å². The predicted molar refractivity (Wildman–Crippen MR) is 261 cm³/mol. The molecule has 3 saturated heterocycles. The molecule has 4 amide bonds. The Balaban J connectivity index is 0.000000170. The molecular weight excluding hydrogens is 849 g/mol. The first kappa shape index (κ1) is 51.4. The van der Waals surface area contributed by atoms with E-state index in [9.17, 15) is 24.0 Å². The average molecular weight is 919 g/mol. The Hall–Kier alpha value is -6.57. The first-order chi connectivity index (χ1) is 32.6. The molecule has 14 heteroatoms. The van der Waals surface area contributed by atoms with Crippen molar-refractivity contribution in [2.75, 3.05) is 39.5 Å². The molecule has 6 aromatic rings. The Bertz CT molecular complexity index is 2350. The number of amides is 4. The van der Waals surface area contributed by atoms with Crippen LogP contribution in [0.3, 0.4) is 0 Å². The van der Waals surface area contributed by atoms with Crippen molar-refractivity contribution in [3.05, 3.63) is 121 Å². The van der Waals surface area contributed by atoms with Gasteiger partial charge >= 0.3 is 6.09 Å². The second-order valence-corrected chi connectivity index (χ2v) is 17.2. The van der Waals surface area contributed by atoms with Crippen LogP contribution in [-0.4, -0.2) is 94.2 Å². The molecular formula is C53H70N6O8. The molecule has 67 heavy (non-hydrogen) atoms. The van der Waals surface area contributed by atoms with Crippen LogP contribution in [0, 0.1) is 17.8 Å². The molecule has 0 radical (unpaired) electrons. The zero-order chi connectivity index (χ0) is 48.0. The Morgan fingerprint density at radius 3 is 2.01 bits per heavy atom. The summed E-state index contributed by atoms with van der Waals surface area (Å²) in [5.41, 5.74) is 3.39. The van der Waals surface area contributed by atoms with Gasteiger partial charge in [-0.2, -0.15) is 0 Å². The number of rotatable bonds is 14. The lowest BCUT2D eigenvalue weighted by Gasteiger charge is -2.26. The number of likely N-dealkylation sites (tertiary alicyclic amines) is 2. The average Bonchev–Trinajstić information content (AvgIpc) is 4.21. The van der Waals surface area contributed by atoms with Gasteiger partial charge in [-0.25, -0.2) is 4.79 Å². The normalized spacial score (nSPS) is 17.9. The summed E-state index contributed by atoms with van der Waals surface area (Å²) in [5.74, 6) is 3.25. The topological polar surface area (TPSA) is 174 Å². The van der Waals surface area contributed by atoms with Crippen molar-refractivity contribution < 1.29 is 37.5 Å². The lowest BCUT2D eigenvalue weighted by atomic mass is 10.0. The van der Waals surface area contributed by atoms with Gasteiger partial charge in [-0.1, -0.05) is 76.4 Å². The van der Waals surface area contributed by atoms with E-state index >= 15 is 0 Å². The van der Waals surface area contributed by atoms with E-state index in [2.05, 4.69) is 70.8 Å². The summed E-state index contributed by atoms with van der Waals surface area (Å²) in [4.78, 5) is 68.1.